The van der Waals surface area contributed by atoms with E-state index in [1.54, 1.807) is 23.4 Å². The van der Waals surface area contributed by atoms with Gasteiger partial charge in [-0.15, -0.1) is 0 Å². The average molecular weight is 318 g/mol. The number of pyridine rings is 1. The number of piperidine rings is 1. The van der Waals surface area contributed by atoms with E-state index in [0.717, 1.165) is 5.56 Å². The molecular weight excluding hydrogens is 300 g/mol. The molecule has 0 aromatic carbocycles. The topological polar surface area (TPSA) is 112 Å². The Kier molecular flexibility index (Phi) is 3.99. The zero-order valence-corrected chi connectivity index (χ0v) is 12.5. The van der Waals surface area contributed by atoms with E-state index in [9.17, 15) is 19.5 Å². The summed E-state index contributed by atoms with van der Waals surface area (Å²) in [5.41, 5.74) is -0.237. The molecule has 122 valence electrons. The van der Waals surface area contributed by atoms with Crippen LogP contribution in [0.15, 0.2) is 24.5 Å². The molecule has 8 nitrogen and oxygen atoms in total. The first kappa shape index (κ1) is 15.4. The van der Waals surface area contributed by atoms with E-state index in [1.807, 2.05) is 6.07 Å². The predicted molar refractivity (Wildman–Crippen MR) is 79.0 cm³/mol. The molecule has 2 fully saturated rings. The van der Waals surface area contributed by atoms with Crippen molar-refractivity contribution in [3.63, 3.8) is 0 Å². The zero-order chi connectivity index (χ0) is 16.4. The third-order valence-corrected chi connectivity index (χ3v) is 4.38. The molecule has 1 aromatic rings. The van der Waals surface area contributed by atoms with Gasteiger partial charge in [0, 0.05) is 31.0 Å². The van der Waals surface area contributed by atoms with Gasteiger partial charge in [0.05, 0.1) is 12.0 Å². The van der Waals surface area contributed by atoms with Gasteiger partial charge in [0.15, 0.2) is 0 Å². The summed E-state index contributed by atoms with van der Waals surface area (Å²) in [6.45, 7) is 0.791. The summed E-state index contributed by atoms with van der Waals surface area (Å²) in [6.07, 6.45) is 4.03. The van der Waals surface area contributed by atoms with Gasteiger partial charge in [-0.2, -0.15) is 0 Å². The Bertz CT molecular complexity index is 626. The lowest BCUT2D eigenvalue weighted by Gasteiger charge is -2.38. The Morgan fingerprint density at radius 3 is 2.70 bits per heavy atom. The standard InChI is InChI=1S/C15H18N4O4/c20-12(8-11-13(21)18-14(22)17-11)19-6-3-15(23,4-7-19)10-2-1-5-16-9-10/h1-2,5,9,11,23H,3-4,6-8H2,(H2,17,18,21,22)/t11-/m0/s1. The highest BCUT2D eigenvalue weighted by Crippen LogP contribution is 2.32. The van der Waals surface area contributed by atoms with Gasteiger partial charge < -0.3 is 15.3 Å². The van der Waals surface area contributed by atoms with E-state index in [2.05, 4.69) is 15.6 Å². The molecule has 0 spiro atoms. The Labute approximate surface area is 132 Å². The van der Waals surface area contributed by atoms with Gasteiger partial charge in [-0.1, -0.05) is 6.07 Å². The molecule has 1 atom stereocenters. The SMILES string of the molecule is O=C1NC(=O)[C@H](CC(=O)N2CCC(O)(c3cccnc3)CC2)N1. The molecule has 0 bridgehead atoms. The van der Waals surface area contributed by atoms with Gasteiger partial charge in [0.1, 0.15) is 6.04 Å². The van der Waals surface area contributed by atoms with E-state index in [-0.39, 0.29) is 12.3 Å². The molecule has 0 saturated carbocycles. The highest BCUT2D eigenvalue weighted by Gasteiger charge is 2.37. The van der Waals surface area contributed by atoms with Crippen molar-refractivity contribution in [3.8, 4) is 0 Å². The zero-order valence-electron chi connectivity index (χ0n) is 12.5. The molecule has 3 heterocycles. The van der Waals surface area contributed by atoms with Crippen LogP contribution >= 0.6 is 0 Å². The first-order valence-corrected chi connectivity index (χ1v) is 7.50. The minimum atomic E-state index is -0.982. The number of rotatable bonds is 3. The van der Waals surface area contributed by atoms with Crippen LogP contribution in [0.5, 0.6) is 0 Å². The largest absolute Gasteiger partial charge is 0.385 e. The number of carbonyl (C=O) groups excluding carboxylic acids is 3. The monoisotopic (exact) mass is 318 g/mol. The van der Waals surface area contributed by atoms with Crippen molar-refractivity contribution in [1.82, 2.24) is 20.5 Å². The number of amides is 4. The third-order valence-electron chi connectivity index (χ3n) is 4.38. The second-order valence-electron chi connectivity index (χ2n) is 5.87. The summed E-state index contributed by atoms with van der Waals surface area (Å²) in [6, 6.07) is 2.21. The van der Waals surface area contributed by atoms with Crippen LogP contribution in [0.2, 0.25) is 0 Å². The lowest BCUT2D eigenvalue weighted by Crippen LogP contribution is -2.47. The fraction of sp³-hybridized carbons (Fsp3) is 0.467. The Morgan fingerprint density at radius 2 is 2.13 bits per heavy atom. The molecule has 2 aliphatic heterocycles. The van der Waals surface area contributed by atoms with Crippen molar-refractivity contribution >= 4 is 17.8 Å². The lowest BCUT2D eigenvalue weighted by atomic mass is 9.85. The molecule has 3 rings (SSSR count). The maximum atomic E-state index is 12.3. The molecule has 3 N–H and O–H groups in total. The van der Waals surface area contributed by atoms with Crippen LogP contribution < -0.4 is 10.6 Å². The molecule has 2 saturated heterocycles. The van der Waals surface area contributed by atoms with Crippen molar-refractivity contribution in [1.29, 1.82) is 0 Å². The van der Waals surface area contributed by atoms with Crippen LogP contribution in [-0.4, -0.2) is 52.0 Å². The van der Waals surface area contributed by atoms with Crippen LogP contribution in [0, 0.1) is 0 Å². The molecule has 0 aliphatic carbocycles. The first-order chi connectivity index (χ1) is 11.0. The Hall–Kier alpha value is -2.48. The van der Waals surface area contributed by atoms with Crippen molar-refractivity contribution in [3.05, 3.63) is 30.1 Å². The number of imide groups is 1. The minimum Gasteiger partial charge on any atom is -0.385 e. The van der Waals surface area contributed by atoms with E-state index in [4.69, 9.17) is 0 Å². The normalized spacial score (nSPS) is 23.3. The van der Waals surface area contributed by atoms with Crippen LogP contribution in [0.3, 0.4) is 0 Å². The first-order valence-electron chi connectivity index (χ1n) is 7.50. The van der Waals surface area contributed by atoms with Gasteiger partial charge in [-0.05, 0) is 18.9 Å². The van der Waals surface area contributed by atoms with Crippen LogP contribution in [0.4, 0.5) is 4.79 Å². The van der Waals surface area contributed by atoms with Gasteiger partial charge in [0.2, 0.25) is 5.91 Å². The van der Waals surface area contributed by atoms with E-state index in [0.29, 0.717) is 25.9 Å². The Balaban J connectivity index is 1.57. The van der Waals surface area contributed by atoms with E-state index >= 15 is 0 Å². The maximum absolute atomic E-state index is 12.3. The average Bonchev–Trinajstić information content (AvgIpc) is 2.86. The summed E-state index contributed by atoms with van der Waals surface area (Å²) in [7, 11) is 0. The van der Waals surface area contributed by atoms with Gasteiger partial charge >= 0.3 is 6.03 Å². The van der Waals surface area contributed by atoms with Crippen molar-refractivity contribution < 1.29 is 19.5 Å². The highest BCUT2D eigenvalue weighted by molar-refractivity contribution is 6.05. The number of nitrogens with one attached hydrogen (secondary N) is 2. The van der Waals surface area contributed by atoms with Crippen molar-refractivity contribution in [2.75, 3.05) is 13.1 Å². The quantitative estimate of drug-likeness (QED) is 0.650. The number of nitrogens with zero attached hydrogens (tertiary/aromatic N) is 2. The number of aliphatic hydroxyl groups is 1. The molecule has 23 heavy (non-hydrogen) atoms. The second-order valence-corrected chi connectivity index (χ2v) is 5.87. The summed E-state index contributed by atoms with van der Waals surface area (Å²) in [4.78, 5) is 40.4. The fourth-order valence-corrected chi connectivity index (χ4v) is 2.96. The number of urea groups is 1. The van der Waals surface area contributed by atoms with Crippen molar-refractivity contribution in [2.24, 2.45) is 0 Å². The van der Waals surface area contributed by atoms with Crippen LogP contribution in [0.1, 0.15) is 24.8 Å². The van der Waals surface area contributed by atoms with Crippen LogP contribution in [-0.2, 0) is 15.2 Å². The van der Waals surface area contributed by atoms with E-state index < -0.39 is 23.6 Å². The molecule has 4 amide bonds. The van der Waals surface area contributed by atoms with Gasteiger partial charge in [0.25, 0.3) is 5.91 Å². The Morgan fingerprint density at radius 1 is 1.39 bits per heavy atom. The summed E-state index contributed by atoms with van der Waals surface area (Å²) >= 11 is 0. The number of likely N-dealkylation sites (tertiary alicyclic amines) is 1. The number of aromatic nitrogens is 1. The summed E-state index contributed by atoms with van der Waals surface area (Å²) in [5.74, 6) is -0.687. The third kappa shape index (κ3) is 3.16. The minimum absolute atomic E-state index is 0.0666. The smallest absolute Gasteiger partial charge is 0.322 e. The predicted octanol–water partition coefficient (Wildman–Crippen LogP) is -0.510. The van der Waals surface area contributed by atoms with Gasteiger partial charge in [-0.3, -0.25) is 19.9 Å². The summed E-state index contributed by atoms with van der Waals surface area (Å²) in [5, 5.41) is 15.2. The molecule has 0 radical (unpaired) electrons. The maximum Gasteiger partial charge on any atom is 0.322 e. The molecule has 8 heteroatoms. The van der Waals surface area contributed by atoms with E-state index in [1.165, 1.54) is 0 Å². The summed E-state index contributed by atoms with van der Waals surface area (Å²) < 4.78 is 0. The molecule has 1 aromatic heterocycles. The number of carbonyl (C=O) groups is 3. The second kappa shape index (κ2) is 5.96. The molecular formula is C15H18N4O4. The molecule has 0 unspecified atom stereocenters. The lowest BCUT2D eigenvalue weighted by molar-refractivity contribution is -0.138. The van der Waals surface area contributed by atoms with Crippen LogP contribution in [0.25, 0.3) is 0 Å². The van der Waals surface area contributed by atoms with Crippen molar-refractivity contribution in [2.45, 2.75) is 30.9 Å². The number of hydrogen-bond acceptors (Lipinski definition) is 5. The fourth-order valence-electron chi connectivity index (χ4n) is 2.96. The van der Waals surface area contributed by atoms with Gasteiger partial charge in [-0.25, -0.2) is 4.79 Å². The number of hydrogen-bond donors (Lipinski definition) is 3. The highest BCUT2D eigenvalue weighted by atomic mass is 16.3. The molecule has 2 aliphatic rings.